The summed E-state index contributed by atoms with van der Waals surface area (Å²) in [4.78, 5) is 11.3. The number of hydrogen-bond donors (Lipinski definition) is 0. The highest BCUT2D eigenvalue weighted by Crippen LogP contribution is 2.30. The fourth-order valence-corrected chi connectivity index (χ4v) is 1.65. The van der Waals surface area contributed by atoms with Gasteiger partial charge in [0, 0.05) is 5.92 Å². The molecule has 0 N–H and O–H groups in total. The van der Waals surface area contributed by atoms with Gasteiger partial charge in [-0.2, -0.15) is 0 Å². The van der Waals surface area contributed by atoms with Gasteiger partial charge < -0.3 is 0 Å². The maximum absolute atomic E-state index is 11.3. The van der Waals surface area contributed by atoms with Gasteiger partial charge in [-0.3, -0.25) is 4.79 Å². The maximum atomic E-state index is 11.3. The lowest BCUT2D eigenvalue weighted by Crippen LogP contribution is -2.26. The molecule has 0 aromatic heterocycles. The molecule has 0 aliphatic rings. The molecule has 0 aliphatic heterocycles. The molecular weight excluding hydrogens is 148 g/mol. The molecular formula is C11H22O. The van der Waals surface area contributed by atoms with E-state index in [4.69, 9.17) is 0 Å². The number of unbranched alkanes of at least 4 members (excludes halogenated alkanes) is 1. The Morgan fingerprint density at radius 2 is 1.83 bits per heavy atom. The average molecular weight is 170 g/mol. The topological polar surface area (TPSA) is 17.1 Å². The zero-order valence-electron chi connectivity index (χ0n) is 9.11. The number of hydrogen-bond acceptors (Lipinski definition) is 1. The largest absolute Gasteiger partial charge is 0.300 e. The van der Waals surface area contributed by atoms with Crippen molar-refractivity contribution >= 4 is 5.78 Å². The van der Waals surface area contributed by atoms with Gasteiger partial charge in [-0.15, -0.1) is 0 Å². The first kappa shape index (κ1) is 11.7. The van der Waals surface area contributed by atoms with Crippen LogP contribution in [0.5, 0.6) is 0 Å². The summed E-state index contributed by atoms with van der Waals surface area (Å²) in [6, 6.07) is 0. The summed E-state index contributed by atoms with van der Waals surface area (Å²) < 4.78 is 0. The molecule has 0 bridgehead atoms. The van der Waals surface area contributed by atoms with E-state index in [1.165, 1.54) is 12.8 Å². The predicted molar refractivity (Wildman–Crippen MR) is 53.2 cm³/mol. The molecule has 0 saturated carbocycles. The van der Waals surface area contributed by atoms with E-state index in [9.17, 15) is 4.79 Å². The van der Waals surface area contributed by atoms with E-state index in [1.54, 1.807) is 6.92 Å². The molecule has 1 unspecified atom stereocenters. The van der Waals surface area contributed by atoms with Crippen molar-refractivity contribution in [3.63, 3.8) is 0 Å². The monoisotopic (exact) mass is 170 g/mol. The molecule has 0 fully saturated rings. The molecule has 1 nitrogen and oxygen atoms in total. The predicted octanol–water partition coefficient (Wildman–Crippen LogP) is 3.43. The Labute approximate surface area is 76.6 Å². The highest BCUT2D eigenvalue weighted by Gasteiger charge is 2.27. The lowest BCUT2D eigenvalue weighted by atomic mass is 9.76. The molecule has 0 saturated heterocycles. The Morgan fingerprint density at radius 1 is 1.33 bits per heavy atom. The second kappa shape index (κ2) is 4.64. The van der Waals surface area contributed by atoms with E-state index < -0.39 is 0 Å². The lowest BCUT2D eigenvalue weighted by Gasteiger charge is -2.28. The van der Waals surface area contributed by atoms with Crippen LogP contribution in [-0.2, 0) is 4.79 Å². The van der Waals surface area contributed by atoms with Crippen molar-refractivity contribution in [3.05, 3.63) is 0 Å². The third-order valence-corrected chi connectivity index (χ3v) is 2.38. The number of carbonyl (C=O) groups is 1. The molecule has 0 spiro atoms. The van der Waals surface area contributed by atoms with E-state index in [2.05, 4.69) is 27.7 Å². The third kappa shape index (κ3) is 3.89. The van der Waals surface area contributed by atoms with E-state index in [1.807, 2.05) is 0 Å². The maximum Gasteiger partial charge on any atom is 0.133 e. The average Bonchev–Trinajstić information content (AvgIpc) is 1.84. The Morgan fingerprint density at radius 3 is 2.08 bits per heavy atom. The second-order valence-corrected chi connectivity index (χ2v) is 4.67. The van der Waals surface area contributed by atoms with Crippen LogP contribution in [0.4, 0.5) is 0 Å². The Balaban J connectivity index is 4.15. The van der Waals surface area contributed by atoms with Crippen molar-refractivity contribution in [1.29, 1.82) is 0 Å². The fourth-order valence-electron chi connectivity index (χ4n) is 1.65. The second-order valence-electron chi connectivity index (χ2n) is 4.67. The highest BCUT2D eigenvalue weighted by atomic mass is 16.1. The summed E-state index contributed by atoms with van der Waals surface area (Å²) in [5.41, 5.74) is 0.140. The van der Waals surface area contributed by atoms with E-state index >= 15 is 0 Å². The van der Waals surface area contributed by atoms with E-state index in [0.717, 1.165) is 6.42 Å². The van der Waals surface area contributed by atoms with Gasteiger partial charge in [0.15, 0.2) is 0 Å². The van der Waals surface area contributed by atoms with Crippen LogP contribution in [0.3, 0.4) is 0 Å². The van der Waals surface area contributed by atoms with Crippen molar-refractivity contribution in [2.24, 2.45) is 11.3 Å². The van der Waals surface area contributed by atoms with Gasteiger partial charge in [-0.05, 0) is 18.8 Å². The van der Waals surface area contributed by atoms with Crippen LogP contribution in [0.25, 0.3) is 0 Å². The van der Waals surface area contributed by atoms with Crippen LogP contribution in [0.2, 0.25) is 0 Å². The number of rotatable bonds is 4. The zero-order valence-corrected chi connectivity index (χ0v) is 9.11. The molecule has 1 heteroatoms. The standard InChI is InChI=1S/C11H22O/c1-6-7-8-10(9(2)12)11(3,4)5/h10H,6-8H2,1-5H3. The first-order valence-electron chi connectivity index (χ1n) is 4.90. The van der Waals surface area contributed by atoms with E-state index in [0.29, 0.717) is 5.78 Å². The van der Waals surface area contributed by atoms with Crippen molar-refractivity contribution in [3.8, 4) is 0 Å². The molecule has 72 valence electrons. The molecule has 0 radical (unpaired) electrons. The minimum Gasteiger partial charge on any atom is -0.300 e. The van der Waals surface area contributed by atoms with E-state index in [-0.39, 0.29) is 11.3 Å². The van der Waals surface area contributed by atoms with Gasteiger partial charge in [0.05, 0.1) is 0 Å². The molecule has 0 aromatic carbocycles. The SMILES string of the molecule is CCCCC(C(C)=O)C(C)(C)C. The summed E-state index contributed by atoms with van der Waals surface area (Å²) in [7, 11) is 0. The summed E-state index contributed by atoms with van der Waals surface area (Å²) in [5, 5.41) is 0. The third-order valence-electron chi connectivity index (χ3n) is 2.38. The Hall–Kier alpha value is -0.330. The first-order chi connectivity index (χ1) is 5.39. The van der Waals surface area contributed by atoms with Gasteiger partial charge >= 0.3 is 0 Å². The van der Waals surface area contributed by atoms with Crippen LogP contribution in [-0.4, -0.2) is 5.78 Å². The quantitative estimate of drug-likeness (QED) is 0.631. The highest BCUT2D eigenvalue weighted by molar-refractivity contribution is 5.78. The lowest BCUT2D eigenvalue weighted by molar-refractivity contribution is -0.124. The molecule has 0 heterocycles. The number of ketones is 1. The van der Waals surface area contributed by atoms with Gasteiger partial charge in [-0.1, -0.05) is 40.5 Å². The molecule has 0 amide bonds. The first-order valence-corrected chi connectivity index (χ1v) is 4.90. The molecule has 1 atom stereocenters. The summed E-state index contributed by atoms with van der Waals surface area (Å²) >= 11 is 0. The van der Waals surface area contributed by atoms with Crippen LogP contribution in [0, 0.1) is 11.3 Å². The van der Waals surface area contributed by atoms with Crippen LogP contribution < -0.4 is 0 Å². The van der Waals surface area contributed by atoms with Gasteiger partial charge in [0.25, 0.3) is 0 Å². The van der Waals surface area contributed by atoms with Crippen molar-refractivity contribution in [2.45, 2.75) is 53.9 Å². The fraction of sp³-hybridized carbons (Fsp3) is 0.909. The smallest absolute Gasteiger partial charge is 0.133 e. The van der Waals surface area contributed by atoms with Crippen molar-refractivity contribution in [1.82, 2.24) is 0 Å². The Bertz CT molecular complexity index is 142. The van der Waals surface area contributed by atoms with Gasteiger partial charge in [0.1, 0.15) is 5.78 Å². The number of Topliss-reactive ketones (excluding diaryl/α,β-unsaturated/α-hetero) is 1. The van der Waals surface area contributed by atoms with Gasteiger partial charge in [-0.25, -0.2) is 0 Å². The minimum absolute atomic E-state index is 0.140. The van der Waals surface area contributed by atoms with Crippen molar-refractivity contribution in [2.75, 3.05) is 0 Å². The number of carbonyl (C=O) groups excluding carboxylic acids is 1. The van der Waals surface area contributed by atoms with Crippen LogP contribution in [0.1, 0.15) is 53.9 Å². The van der Waals surface area contributed by atoms with Crippen molar-refractivity contribution < 1.29 is 4.79 Å². The van der Waals surface area contributed by atoms with Gasteiger partial charge in [0.2, 0.25) is 0 Å². The molecule has 12 heavy (non-hydrogen) atoms. The zero-order chi connectivity index (χ0) is 9.78. The normalized spacial score (nSPS) is 14.4. The molecule has 0 rings (SSSR count). The summed E-state index contributed by atoms with van der Waals surface area (Å²) in [5.74, 6) is 0.591. The molecule has 0 aromatic rings. The van der Waals surface area contributed by atoms with Crippen LogP contribution in [0.15, 0.2) is 0 Å². The minimum atomic E-state index is 0.140. The molecule has 0 aliphatic carbocycles. The summed E-state index contributed by atoms with van der Waals surface area (Å²) in [6.07, 6.45) is 3.40. The Kier molecular flexibility index (Phi) is 4.51. The van der Waals surface area contributed by atoms with Crippen LogP contribution >= 0.6 is 0 Å². The summed E-state index contributed by atoms with van der Waals surface area (Å²) in [6.45, 7) is 10.3.